The highest BCUT2D eigenvalue weighted by Crippen LogP contribution is 2.28. The van der Waals surface area contributed by atoms with E-state index in [4.69, 9.17) is 18.0 Å². The molecule has 1 aromatic carbocycles. The van der Waals surface area contributed by atoms with Crippen molar-refractivity contribution in [3.05, 3.63) is 35.9 Å². The first kappa shape index (κ1) is 15.4. The van der Waals surface area contributed by atoms with Crippen LogP contribution in [-0.2, 0) is 0 Å². The lowest BCUT2D eigenvalue weighted by Crippen LogP contribution is -2.41. The summed E-state index contributed by atoms with van der Waals surface area (Å²) in [4.78, 5) is 5.58. The van der Waals surface area contributed by atoms with E-state index in [1.165, 1.54) is 12.0 Å². The molecule has 0 saturated carbocycles. The van der Waals surface area contributed by atoms with Gasteiger partial charge in [0.2, 0.25) is 0 Å². The number of benzene rings is 1. The van der Waals surface area contributed by atoms with Crippen LogP contribution in [0.15, 0.2) is 30.3 Å². The Morgan fingerprint density at radius 1 is 1.35 bits per heavy atom. The lowest BCUT2D eigenvalue weighted by atomic mass is 10.00. The van der Waals surface area contributed by atoms with Gasteiger partial charge in [-0.3, -0.25) is 4.90 Å². The molecular weight excluding hydrogens is 266 g/mol. The fraction of sp³-hybridized carbons (Fsp3) is 0.562. The molecule has 1 saturated heterocycles. The summed E-state index contributed by atoms with van der Waals surface area (Å²) in [5, 5.41) is 0. The van der Waals surface area contributed by atoms with Crippen LogP contribution in [0.4, 0.5) is 0 Å². The van der Waals surface area contributed by atoms with Crippen molar-refractivity contribution in [3.63, 3.8) is 0 Å². The van der Waals surface area contributed by atoms with E-state index in [0.717, 1.165) is 26.1 Å². The Morgan fingerprint density at radius 2 is 2.05 bits per heavy atom. The van der Waals surface area contributed by atoms with Crippen molar-refractivity contribution in [2.24, 2.45) is 5.73 Å². The van der Waals surface area contributed by atoms with E-state index < -0.39 is 0 Å². The van der Waals surface area contributed by atoms with E-state index in [1.807, 2.05) is 0 Å². The maximum Gasteiger partial charge on any atom is 0.0746 e. The SMILES string of the molecule is CC1CN(C)CCCN1C(CC(N)=S)c1ccccc1. The Bertz CT molecular complexity index is 435. The summed E-state index contributed by atoms with van der Waals surface area (Å²) in [6.45, 7) is 5.67. The van der Waals surface area contributed by atoms with Gasteiger partial charge in [-0.2, -0.15) is 0 Å². The summed E-state index contributed by atoms with van der Waals surface area (Å²) in [7, 11) is 2.20. The number of thiocarbonyl (C=S) groups is 1. The quantitative estimate of drug-likeness (QED) is 0.864. The molecule has 2 atom stereocenters. The summed E-state index contributed by atoms with van der Waals surface area (Å²) < 4.78 is 0. The zero-order valence-electron chi connectivity index (χ0n) is 12.5. The van der Waals surface area contributed by atoms with Gasteiger partial charge in [-0.25, -0.2) is 0 Å². The smallest absolute Gasteiger partial charge is 0.0746 e. The third-order valence-electron chi connectivity index (χ3n) is 4.08. The Labute approximate surface area is 127 Å². The molecular formula is C16H25N3S. The fourth-order valence-corrected chi connectivity index (χ4v) is 3.30. The van der Waals surface area contributed by atoms with Crippen LogP contribution in [0.1, 0.15) is 31.4 Å². The van der Waals surface area contributed by atoms with Crippen molar-refractivity contribution in [2.75, 3.05) is 26.7 Å². The molecule has 20 heavy (non-hydrogen) atoms. The summed E-state index contributed by atoms with van der Waals surface area (Å²) in [6.07, 6.45) is 1.95. The maximum atomic E-state index is 5.84. The van der Waals surface area contributed by atoms with Crippen molar-refractivity contribution in [3.8, 4) is 0 Å². The number of hydrogen-bond donors (Lipinski definition) is 1. The molecule has 2 N–H and O–H groups in total. The molecule has 0 spiro atoms. The van der Waals surface area contributed by atoms with Gasteiger partial charge in [-0.15, -0.1) is 0 Å². The summed E-state index contributed by atoms with van der Waals surface area (Å²) in [5.41, 5.74) is 7.16. The standard InChI is InChI=1S/C16H25N3S/c1-13-12-18(2)9-6-10-19(13)15(11-16(17)20)14-7-4-3-5-8-14/h3-5,7-8,13,15H,6,9-12H2,1-2H3,(H2,17,20). The van der Waals surface area contributed by atoms with Crippen LogP contribution < -0.4 is 5.73 Å². The first-order valence-corrected chi connectivity index (χ1v) is 7.76. The van der Waals surface area contributed by atoms with Crippen molar-refractivity contribution in [1.82, 2.24) is 9.80 Å². The van der Waals surface area contributed by atoms with Crippen LogP contribution in [0, 0.1) is 0 Å². The molecule has 0 amide bonds. The zero-order valence-corrected chi connectivity index (χ0v) is 13.3. The highest BCUT2D eigenvalue weighted by atomic mass is 32.1. The lowest BCUT2D eigenvalue weighted by Gasteiger charge is -2.36. The largest absolute Gasteiger partial charge is 0.393 e. The summed E-state index contributed by atoms with van der Waals surface area (Å²) in [5.74, 6) is 0. The monoisotopic (exact) mass is 291 g/mol. The Kier molecular flexibility index (Phi) is 5.52. The van der Waals surface area contributed by atoms with Crippen LogP contribution in [0.5, 0.6) is 0 Å². The third-order valence-corrected chi connectivity index (χ3v) is 4.24. The highest BCUT2D eigenvalue weighted by Gasteiger charge is 2.27. The van der Waals surface area contributed by atoms with Crippen molar-refractivity contribution in [1.29, 1.82) is 0 Å². The number of likely N-dealkylation sites (N-methyl/N-ethyl adjacent to an activating group) is 1. The van der Waals surface area contributed by atoms with Crippen LogP contribution in [0.25, 0.3) is 0 Å². The number of nitrogens with zero attached hydrogens (tertiary/aromatic N) is 2. The molecule has 0 aromatic heterocycles. The molecule has 2 unspecified atom stereocenters. The maximum absolute atomic E-state index is 5.84. The van der Waals surface area contributed by atoms with Crippen molar-refractivity contribution in [2.45, 2.75) is 31.8 Å². The second kappa shape index (κ2) is 7.16. The minimum atomic E-state index is 0.301. The molecule has 1 fully saturated rings. The Hall–Kier alpha value is -0.970. The number of rotatable bonds is 4. The lowest BCUT2D eigenvalue weighted by molar-refractivity contribution is 0.146. The zero-order chi connectivity index (χ0) is 14.5. The van der Waals surface area contributed by atoms with Crippen LogP contribution in [-0.4, -0.2) is 47.5 Å². The fourth-order valence-electron chi connectivity index (χ4n) is 3.15. The van der Waals surface area contributed by atoms with E-state index in [9.17, 15) is 0 Å². The second-order valence-electron chi connectivity index (χ2n) is 5.80. The van der Waals surface area contributed by atoms with Crippen molar-refractivity contribution >= 4 is 17.2 Å². The molecule has 0 bridgehead atoms. The van der Waals surface area contributed by atoms with Gasteiger partial charge in [0.05, 0.1) is 4.99 Å². The second-order valence-corrected chi connectivity index (χ2v) is 6.32. The van der Waals surface area contributed by atoms with Gasteiger partial charge in [0.25, 0.3) is 0 Å². The molecule has 2 rings (SSSR count). The first-order chi connectivity index (χ1) is 9.58. The van der Waals surface area contributed by atoms with E-state index in [1.54, 1.807) is 0 Å². The molecule has 1 aliphatic heterocycles. The Balaban J connectivity index is 2.23. The molecule has 1 heterocycles. The van der Waals surface area contributed by atoms with Gasteiger partial charge in [0.15, 0.2) is 0 Å². The average molecular weight is 291 g/mol. The van der Waals surface area contributed by atoms with Crippen LogP contribution in [0.3, 0.4) is 0 Å². The topological polar surface area (TPSA) is 32.5 Å². The molecule has 0 radical (unpaired) electrons. The first-order valence-electron chi connectivity index (χ1n) is 7.35. The van der Waals surface area contributed by atoms with Gasteiger partial charge in [0, 0.05) is 31.6 Å². The molecule has 3 nitrogen and oxygen atoms in total. The van der Waals surface area contributed by atoms with Gasteiger partial charge in [-0.05, 0) is 32.5 Å². The average Bonchev–Trinajstić information content (AvgIpc) is 2.57. The van der Waals surface area contributed by atoms with Gasteiger partial charge >= 0.3 is 0 Å². The van der Waals surface area contributed by atoms with E-state index in [2.05, 4.69) is 54.1 Å². The van der Waals surface area contributed by atoms with E-state index in [-0.39, 0.29) is 0 Å². The molecule has 0 aliphatic carbocycles. The normalized spacial score (nSPS) is 23.2. The predicted octanol–water partition coefficient (Wildman–Crippen LogP) is 2.43. The number of hydrogen-bond acceptors (Lipinski definition) is 3. The van der Waals surface area contributed by atoms with Gasteiger partial charge < -0.3 is 10.6 Å². The highest BCUT2D eigenvalue weighted by molar-refractivity contribution is 7.80. The van der Waals surface area contributed by atoms with E-state index >= 15 is 0 Å². The predicted molar refractivity (Wildman–Crippen MR) is 88.9 cm³/mol. The van der Waals surface area contributed by atoms with Gasteiger partial charge in [-0.1, -0.05) is 42.5 Å². The number of nitrogens with two attached hydrogens (primary N) is 1. The Morgan fingerprint density at radius 3 is 2.70 bits per heavy atom. The minimum absolute atomic E-state index is 0.301. The summed E-state index contributed by atoms with van der Waals surface area (Å²) in [6, 6.07) is 11.4. The molecule has 1 aromatic rings. The van der Waals surface area contributed by atoms with E-state index in [0.29, 0.717) is 17.1 Å². The minimum Gasteiger partial charge on any atom is -0.393 e. The molecule has 4 heteroatoms. The van der Waals surface area contributed by atoms with Crippen LogP contribution >= 0.6 is 12.2 Å². The third kappa shape index (κ3) is 4.01. The molecule has 110 valence electrons. The van der Waals surface area contributed by atoms with Gasteiger partial charge in [0.1, 0.15) is 0 Å². The molecule has 1 aliphatic rings. The summed E-state index contributed by atoms with van der Waals surface area (Å²) >= 11 is 5.18. The van der Waals surface area contributed by atoms with Crippen LogP contribution in [0.2, 0.25) is 0 Å². The van der Waals surface area contributed by atoms with Crippen molar-refractivity contribution < 1.29 is 0 Å².